The Morgan fingerprint density at radius 2 is 1.83 bits per heavy atom. The maximum Gasteiger partial charge on any atom is 0.256 e. The lowest BCUT2D eigenvalue weighted by atomic mass is 10.1. The van der Waals surface area contributed by atoms with Crippen molar-refractivity contribution in [2.75, 3.05) is 13.1 Å². The highest BCUT2D eigenvalue weighted by atomic mass is 16.4. The number of amides is 1. The van der Waals surface area contributed by atoms with Crippen LogP contribution in [0.15, 0.2) is 53.2 Å². The van der Waals surface area contributed by atoms with Crippen LogP contribution in [-0.2, 0) is 13.1 Å². The summed E-state index contributed by atoms with van der Waals surface area (Å²) in [4.78, 5) is 15.4. The van der Waals surface area contributed by atoms with E-state index in [4.69, 9.17) is 4.42 Å². The number of nitrogens with zero attached hydrogens (tertiary/aromatic N) is 3. The van der Waals surface area contributed by atoms with E-state index in [1.54, 1.807) is 23.9 Å². The van der Waals surface area contributed by atoms with Crippen molar-refractivity contribution in [3.05, 3.63) is 76.8 Å². The second-order valence-corrected chi connectivity index (χ2v) is 7.35. The van der Waals surface area contributed by atoms with E-state index in [9.17, 15) is 10.1 Å². The number of furan rings is 1. The molecule has 0 atom stereocenters. The van der Waals surface area contributed by atoms with Crippen molar-refractivity contribution in [2.45, 2.75) is 32.9 Å². The summed E-state index contributed by atoms with van der Waals surface area (Å²) in [6.07, 6.45) is 6.07. The lowest BCUT2D eigenvalue weighted by molar-refractivity contribution is 0.0949. The Morgan fingerprint density at radius 3 is 2.52 bits per heavy atom. The molecular formula is C23H24N4O2. The molecule has 1 aliphatic heterocycles. The van der Waals surface area contributed by atoms with Gasteiger partial charge in [0.1, 0.15) is 23.0 Å². The molecule has 1 amide bonds. The minimum atomic E-state index is -0.294. The smallest absolute Gasteiger partial charge is 0.256 e. The Balaban J connectivity index is 1.52. The van der Waals surface area contributed by atoms with E-state index in [0.29, 0.717) is 23.8 Å². The predicted octanol–water partition coefficient (Wildman–Crippen LogP) is 3.78. The Labute approximate surface area is 170 Å². The zero-order valence-corrected chi connectivity index (χ0v) is 16.5. The van der Waals surface area contributed by atoms with Gasteiger partial charge in [-0.1, -0.05) is 24.3 Å². The molecule has 6 heteroatoms. The SMILES string of the molecule is Cc1oc(-n2cccc2)c(C#N)c1C(=O)NCc1ccccc1CN1CCCC1. The molecule has 0 spiro atoms. The fourth-order valence-electron chi connectivity index (χ4n) is 3.89. The summed E-state index contributed by atoms with van der Waals surface area (Å²) in [5.74, 6) is 0.514. The van der Waals surface area contributed by atoms with E-state index >= 15 is 0 Å². The molecule has 3 aromatic rings. The van der Waals surface area contributed by atoms with Gasteiger partial charge in [-0.15, -0.1) is 0 Å². The number of carbonyl (C=O) groups excluding carboxylic acids is 1. The summed E-state index contributed by atoms with van der Waals surface area (Å²) >= 11 is 0. The third-order valence-electron chi connectivity index (χ3n) is 5.39. The number of rotatable bonds is 6. The van der Waals surface area contributed by atoms with Crippen LogP contribution in [0.2, 0.25) is 0 Å². The molecule has 2 aromatic heterocycles. The van der Waals surface area contributed by atoms with E-state index in [1.807, 2.05) is 30.3 Å². The van der Waals surface area contributed by atoms with Gasteiger partial charge in [-0.25, -0.2) is 0 Å². The van der Waals surface area contributed by atoms with Crippen molar-refractivity contribution in [1.82, 2.24) is 14.8 Å². The van der Waals surface area contributed by atoms with Crippen LogP contribution in [0.5, 0.6) is 0 Å². The second kappa shape index (κ2) is 8.38. The molecule has 0 unspecified atom stereocenters. The van der Waals surface area contributed by atoms with E-state index in [0.717, 1.165) is 25.2 Å². The van der Waals surface area contributed by atoms with E-state index in [1.165, 1.54) is 18.4 Å². The average molecular weight is 388 g/mol. The summed E-state index contributed by atoms with van der Waals surface area (Å²) in [5, 5.41) is 12.6. The van der Waals surface area contributed by atoms with Crippen LogP contribution in [0.3, 0.4) is 0 Å². The van der Waals surface area contributed by atoms with Crippen LogP contribution < -0.4 is 5.32 Å². The topological polar surface area (TPSA) is 74.2 Å². The van der Waals surface area contributed by atoms with Gasteiger partial charge >= 0.3 is 0 Å². The first-order valence-corrected chi connectivity index (χ1v) is 9.91. The third-order valence-corrected chi connectivity index (χ3v) is 5.39. The average Bonchev–Trinajstić information content (AvgIpc) is 3.48. The predicted molar refractivity (Wildman–Crippen MR) is 110 cm³/mol. The van der Waals surface area contributed by atoms with Crippen LogP contribution >= 0.6 is 0 Å². The summed E-state index contributed by atoms with van der Waals surface area (Å²) < 4.78 is 7.44. The van der Waals surface area contributed by atoms with Gasteiger partial charge in [-0.05, 0) is 56.1 Å². The molecule has 4 rings (SSSR count). The van der Waals surface area contributed by atoms with E-state index in [2.05, 4.69) is 22.4 Å². The number of aryl methyl sites for hydroxylation is 1. The fraction of sp³-hybridized carbons (Fsp3) is 0.304. The first kappa shape index (κ1) is 19.0. The van der Waals surface area contributed by atoms with Crippen molar-refractivity contribution >= 4 is 5.91 Å². The zero-order chi connectivity index (χ0) is 20.2. The second-order valence-electron chi connectivity index (χ2n) is 7.35. The highest BCUT2D eigenvalue weighted by Crippen LogP contribution is 2.25. The molecule has 1 N–H and O–H groups in total. The number of benzene rings is 1. The number of hydrogen-bond acceptors (Lipinski definition) is 4. The lowest BCUT2D eigenvalue weighted by Crippen LogP contribution is -2.25. The normalized spacial score (nSPS) is 14.1. The molecule has 0 radical (unpaired) electrons. The van der Waals surface area contributed by atoms with Crippen molar-refractivity contribution in [2.24, 2.45) is 0 Å². The Morgan fingerprint density at radius 1 is 1.14 bits per heavy atom. The monoisotopic (exact) mass is 388 g/mol. The number of hydrogen-bond donors (Lipinski definition) is 1. The number of likely N-dealkylation sites (tertiary alicyclic amines) is 1. The minimum absolute atomic E-state index is 0.251. The quantitative estimate of drug-likeness (QED) is 0.697. The lowest BCUT2D eigenvalue weighted by Gasteiger charge is -2.17. The molecule has 3 heterocycles. The number of carbonyl (C=O) groups is 1. The van der Waals surface area contributed by atoms with Crippen LogP contribution in [0.1, 0.15) is 45.7 Å². The molecule has 29 heavy (non-hydrogen) atoms. The van der Waals surface area contributed by atoms with Gasteiger partial charge in [0.05, 0.1) is 0 Å². The Bertz CT molecular complexity index is 1040. The first-order valence-electron chi connectivity index (χ1n) is 9.91. The van der Waals surface area contributed by atoms with E-state index < -0.39 is 0 Å². The van der Waals surface area contributed by atoms with Gasteiger partial charge in [0.25, 0.3) is 5.91 Å². The van der Waals surface area contributed by atoms with Gasteiger partial charge in [-0.3, -0.25) is 14.3 Å². The number of nitrogens with one attached hydrogen (secondary N) is 1. The molecule has 0 bridgehead atoms. The molecule has 1 fully saturated rings. The minimum Gasteiger partial charge on any atom is -0.443 e. The summed E-state index contributed by atoms with van der Waals surface area (Å²) in [7, 11) is 0. The molecular weight excluding hydrogens is 364 g/mol. The molecule has 1 aliphatic rings. The van der Waals surface area contributed by atoms with Gasteiger partial charge in [0.15, 0.2) is 0 Å². The number of nitriles is 1. The fourth-order valence-corrected chi connectivity index (χ4v) is 3.89. The highest BCUT2D eigenvalue weighted by Gasteiger charge is 2.24. The zero-order valence-electron chi connectivity index (χ0n) is 16.5. The van der Waals surface area contributed by atoms with Crippen LogP contribution in [0, 0.1) is 18.3 Å². The molecule has 0 aliphatic carbocycles. The standard InChI is InChI=1S/C23H24N4O2/c1-17-21(20(14-24)23(29-17)27-12-6-7-13-27)22(28)25-15-18-8-2-3-9-19(18)16-26-10-4-5-11-26/h2-3,6-9,12-13H,4-5,10-11,15-16H2,1H3,(H,25,28). The molecule has 1 aromatic carbocycles. The number of aromatic nitrogens is 1. The van der Waals surface area contributed by atoms with Crippen molar-refractivity contribution in [3.63, 3.8) is 0 Å². The summed E-state index contributed by atoms with van der Waals surface area (Å²) in [5.41, 5.74) is 2.87. The highest BCUT2D eigenvalue weighted by molar-refractivity contribution is 5.98. The summed E-state index contributed by atoms with van der Waals surface area (Å²) in [6.45, 7) is 5.28. The first-order chi connectivity index (χ1) is 14.2. The van der Waals surface area contributed by atoms with Crippen LogP contribution in [-0.4, -0.2) is 28.5 Å². The molecule has 0 saturated carbocycles. The maximum atomic E-state index is 12.9. The van der Waals surface area contributed by atoms with Gasteiger partial charge in [0, 0.05) is 25.5 Å². The maximum absolute atomic E-state index is 12.9. The Hall–Kier alpha value is -3.30. The Kier molecular flexibility index (Phi) is 5.50. The molecule has 1 saturated heterocycles. The van der Waals surface area contributed by atoms with Crippen molar-refractivity contribution in [1.29, 1.82) is 5.26 Å². The van der Waals surface area contributed by atoms with Gasteiger partial charge in [-0.2, -0.15) is 5.26 Å². The van der Waals surface area contributed by atoms with Crippen molar-refractivity contribution < 1.29 is 9.21 Å². The van der Waals surface area contributed by atoms with Crippen LogP contribution in [0.4, 0.5) is 0 Å². The van der Waals surface area contributed by atoms with E-state index in [-0.39, 0.29) is 11.5 Å². The van der Waals surface area contributed by atoms with Crippen molar-refractivity contribution in [3.8, 4) is 12.0 Å². The largest absolute Gasteiger partial charge is 0.443 e. The van der Waals surface area contributed by atoms with Crippen LogP contribution in [0.25, 0.3) is 5.88 Å². The van der Waals surface area contributed by atoms with Gasteiger partial charge < -0.3 is 9.73 Å². The third kappa shape index (κ3) is 3.96. The molecule has 6 nitrogen and oxygen atoms in total. The molecule has 148 valence electrons. The van der Waals surface area contributed by atoms with Gasteiger partial charge in [0.2, 0.25) is 5.88 Å². The summed E-state index contributed by atoms with van der Waals surface area (Å²) in [6, 6.07) is 14.0.